The van der Waals surface area contributed by atoms with E-state index < -0.39 is 0 Å². The molecule has 1 aromatic carbocycles. The highest BCUT2D eigenvalue weighted by atomic mass is 16.5. The van der Waals surface area contributed by atoms with E-state index in [1.807, 2.05) is 0 Å². The van der Waals surface area contributed by atoms with Crippen molar-refractivity contribution in [1.29, 1.82) is 0 Å². The standard InChI is InChI=1S/C22H37N3O2/c1-17(2)6-4-7-18(3)25-22(23)24-15-19-8-5-9-20(14-19)16-27-21-10-12-26-13-11-21/h5,8-9,14,17-18,21H,4,6-7,10-13,15-16H2,1-3H3,(H3,23,24,25). The molecule has 1 unspecified atom stereocenters. The Balaban J connectivity index is 1.74. The molecular weight excluding hydrogens is 338 g/mol. The van der Waals surface area contributed by atoms with Crippen molar-refractivity contribution in [2.24, 2.45) is 16.6 Å². The number of rotatable bonds is 10. The summed E-state index contributed by atoms with van der Waals surface area (Å²) in [6, 6.07) is 8.76. The van der Waals surface area contributed by atoms with Gasteiger partial charge in [0.2, 0.25) is 0 Å². The van der Waals surface area contributed by atoms with E-state index in [0.717, 1.165) is 44.0 Å². The highest BCUT2D eigenvalue weighted by Gasteiger charge is 2.14. The fraction of sp³-hybridized carbons (Fsp3) is 0.682. The Morgan fingerprint density at radius 2 is 1.96 bits per heavy atom. The normalized spacial score (nSPS) is 17.3. The first-order valence-corrected chi connectivity index (χ1v) is 10.4. The van der Waals surface area contributed by atoms with Gasteiger partial charge in [-0.05, 0) is 43.2 Å². The molecule has 1 aliphatic heterocycles. The fourth-order valence-electron chi connectivity index (χ4n) is 3.25. The van der Waals surface area contributed by atoms with Gasteiger partial charge in [-0.25, -0.2) is 4.99 Å². The Bertz CT molecular complexity index is 568. The van der Waals surface area contributed by atoms with Crippen LogP contribution in [0.5, 0.6) is 0 Å². The Morgan fingerprint density at radius 3 is 2.70 bits per heavy atom. The Morgan fingerprint density at radius 1 is 1.22 bits per heavy atom. The molecule has 0 aromatic heterocycles. The van der Waals surface area contributed by atoms with E-state index in [4.69, 9.17) is 15.2 Å². The van der Waals surface area contributed by atoms with Crippen LogP contribution < -0.4 is 11.1 Å². The van der Waals surface area contributed by atoms with Crippen molar-refractivity contribution in [2.45, 2.75) is 78.2 Å². The molecule has 1 fully saturated rings. The third-order valence-corrected chi connectivity index (χ3v) is 4.89. The molecule has 5 heteroatoms. The van der Waals surface area contributed by atoms with Crippen molar-refractivity contribution in [3.8, 4) is 0 Å². The van der Waals surface area contributed by atoms with E-state index in [-0.39, 0.29) is 0 Å². The lowest BCUT2D eigenvalue weighted by atomic mass is 10.0. The number of nitrogens with two attached hydrogens (primary N) is 1. The largest absolute Gasteiger partial charge is 0.381 e. The summed E-state index contributed by atoms with van der Waals surface area (Å²) in [5.74, 6) is 1.28. The molecule has 1 saturated heterocycles. The van der Waals surface area contributed by atoms with Crippen molar-refractivity contribution in [1.82, 2.24) is 5.32 Å². The van der Waals surface area contributed by atoms with Crippen LogP contribution in [0.3, 0.4) is 0 Å². The molecular formula is C22H37N3O2. The quantitative estimate of drug-likeness (QED) is 0.479. The monoisotopic (exact) mass is 375 g/mol. The van der Waals surface area contributed by atoms with Crippen LogP contribution in [0.15, 0.2) is 29.3 Å². The van der Waals surface area contributed by atoms with Crippen LogP contribution in [-0.4, -0.2) is 31.3 Å². The maximum absolute atomic E-state index is 6.05. The summed E-state index contributed by atoms with van der Waals surface area (Å²) in [5, 5.41) is 3.30. The number of guanidine groups is 1. The number of hydrogen-bond acceptors (Lipinski definition) is 3. The van der Waals surface area contributed by atoms with Crippen molar-refractivity contribution in [3.05, 3.63) is 35.4 Å². The van der Waals surface area contributed by atoms with E-state index in [0.29, 0.717) is 31.3 Å². The van der Waals surface area contributed by atoms with Gasteiger partial charge in [0.15, 0.2) is 5.96 Å². The fourth-order valence-corrected chi connectivity index (χ4v) is 3.25. The minimum Gasteiger partial charge on any atom is -0.381 e. The predicted octanol–water partition coefficient (Wildman–Crippen LogP) is 4.00. The maximum atomic E-state index is 6.05. The number of nitrogens with zero attached hydrogens (tertiary/aromatic N) is 1. The smallest absolute Gasteiger partial charge is 0.189 e. The second-order valence-corrected chi connectivity index (χ2v) is 8.01. The van der Waals surface area contributed by atoms with Crippen LogP contribution in [0, 0.1) is 5.92 Å². The Labute approximate surface area is 164 Å². The molecule has 5 nitrogen and oxygen atoms in total. The zero-order chi connectivity index (χ0) is 19.5. The first-order chi connectivity index (χ1) is 13.0. The van der Waals surface area contributed by atoms with Gasteiger partial charge in [0, 0.05) is 19.3 Å². The average molecular weight is 376 g/mol. The lowest BCUT2D eigenvalue weighted by Gasteiger charge is -2.22. The van der Waals surface area contributed by atoms with Gasteiger partial charge in [0.25, 0.3) is 0 Å². The minimum absolute atomic E-state index is 0.317. The van der Waals surface area contributed by atoms with Crippen molar-refractivity contribution in [2.75, 3.05) is 13.2 Å². The van der Waals surface area contributed by atoms with Gasteiger partial charge >= 0.3 is 0 Å². The molecule has 1 heterocycles. The van der Waals surface area contributed by atoms with Crippen molar-refractivity contribution < 1.29 is 9.47 Å². The molecule has 0 amide bonds. The SMILES string of the molecule is CC(C)CCCC(C)NC(N)=NCc1cccc(COC2CCOCC2)c1. The lowest BCUT2D eigenvalue weighted by molar-refractivity contribution is -0.0390. The number of hydrogen-bond donors (Lipinski definition) is 2. The highest BCUT2D eigenvalue weighted by molar-refractivity contribution is 5.78. The molecule has 2 rings (SSSR count). The Kier molecular flexibility index (Phi) is 9.64. The molecule has 0 radical (unpaired) electrons. The molecule has 0 bridgehead atoms. The van der Waals surface area contributed by atoms with Gasteiger partial charge in [-0.1, -0.05) is 51.0 Å². The first-order valence-electron chi connectivity index (χ1n) is 10.4. The van der Waals surface area contributed by atoms with E-state index in [2.05, 4.69) is 55.3 Å². The number of benzene rings is 1. The summed E-state index contributed by atoms with van der Waals surface area (Å²) in [4.78, 5) is 4.49. The van der Waals surface area contributed by atoms with E-state index >= 15 is 0 Å². The van der Waals surface area contributed by atoms with Crippen molar-refractivity contribution >= 4 is 5.96 Å². The van der Waals surface area contributed by atoms with E-state index in [1.54, 1.807) is 0 Å². The van der Waals surface area contributed by atoms with Gasteiger partial charge < -0.3 is 20.5 Å². The highest BCUT2D eigenvalue weighted by Crippen LogP contribution is 2.14. The van der Waals surface area contributed by atoms with Gasteiger partial charge in [-0.15, -0.1) is 0 Å². The number of aliphatic imine (C=N–C) groups is 1. The molecule has 0 aliphatic carbocycles. The molecule has 1 atom stereocenters. The van der Waals surface area contributed by atoms with E-state index in [1.165, 1.54) is 18.4 Å². The van der Waals surface area contributed by atoms with Gasteiger partial charge in [-0.3, -0.25) is 0 Å². The van der Waals surface area contributed by atoms with Crippen LogP contribution in [0.25, 0.3) is 0 Å². The van der Waals surface area contributed by atoms with Gasteiger partial charge in [-0.2, -0.15) is 0 Å². The second kappa shape index (κ2) is 12.0. The summed E-state index contributed by atoms with van der Waals surface area (Å²) >= 11 is 0. The third kappa shape index (κ3) is 9.25. The summed E-state index contributed by atoms with van der Waals surface area (Å²) in [6.07, 6.45) is 5.88. The van der Waals surface area contributed by atoms with Gasteiger partial charge in [0.05, 0.1) is 19.3 Å². The molecule has 0 saturated carbocycles. The van der Waals surface area contributed by atoms with Crippen molar-refractivity contribution in [3.63, 3.8) is 0 Å². The topological polar surface area (TPSA) is 68.9 Å². The second-order valence-electron chi connectivity index (χ2n) is 8.01. The Hall–Kier alpha value is -1.59. The number of nitrogens with one attached hydrogen (secondary N) is 1. The summed E-state index contributed by atoms with van der Waals surface area (Å²) in [5.41, 5.74) is 8.39. The summed E-state index contributed by atoms with van der Waals surface area (Å²) in [6.45, 7) is 9.53. The van der Waals surface area contributed by atoms with Crippen LogP contribution >= 0.6 is 0 Å². The third-order valence-electron chi connectivity index (χ3n) is 4.89. The van der Waals surface area contributed by atoms with Crippen LogP contribution in [-0.2, 0) is 22.6 Å². The molecule has 152 valence electrons. The van der Waals surface area contributed by atoms with E-state index in [9.17, 15) is 0 Å². The minimum atomic E-state index is 0.317. The zero-order valence-corrected chi connectivity index (χ0v) is 17.2. The first kappa shape index (κ1) is 21.7. The molecule has 3 N–H and O–H groups in total. The predicted molar refractivity (Wildman–Crippen MR) is 112 cm³/mol. The molecule has 1 aromatic rings. The summed E-state index contributed by atoms with van der Waals surface area (Å²) in [7, 11) is 0. The van der Waals surface area contributed by atoms with Crippen LogP contribution in [0.4, 0.5) is 0 Å². The molecule has 0 spiro atoms. The molecule has 27 heavy (non-hydrogen) atoms. The zero-order valence-electron chi connectivity index (χ0n) is 17.2. The van der Waals surface area contributed by atoms with Crippen LogP contribution in [0.2, 0.25) is 0 Å². The molecule has 1 aliphatic rings. The lowest BCUT2D eigenvalue weighted by Crippen LogP contribution is -2.38. The average Bonchev–Trinajstić information content (AvgIpc) is 2.65. The number of ether oxygens (including phenoxy) is 2. The van der Waals surface area contributed by atoms with Crippen LogP contribution in [0.1, 0.15) is 64.0 Å². The maximum Gasteiger partial charge on any atom is 0.189 e. The van der Waals surface area contributed by atoms with Gasteiger partial charge in [0.1, 0.15) is 0 Å². The summed E-state index contributed by atoms with van der Waals surface area (Å²) < 4.78 is 11.4.